The van der Waals surface area contributed by atoms with Crippen molar-refractivity contribution in [3.63, 3.8) is 0 Å². The van der Waals surface area contributed by atoms with Crippen LogP contribution >= 0.6 is 0 Å². The number of halogens is 9. The van der Waals surface area contributed by atoms with E-state index in [2.05, 4.69) is 151 Å². The molecule has 0 spiro atoms. The van der Waals surface area contributed by atoms with Gasteiger partial charge in [-0.15, -0.1) is 0 Å². The van der Waals surface area contributed by atoms with Crippen LogP contribution in [0.4, 0.5) is 39.5 Å². The summed E-state index contributed by atoms with van der Waals surface area (Å²) in [5, 5.41) is 8.21. The summed E-state index contributed by atoms with van der Waals surface area (Å²) in [5.41, 5.74) is 6.21. The summed E-state index contributed by atoms with van der Waals surface area (Å²) in [4.78, 5) is 45.9. The van der Waals surface area contributed by atoms with Gasteiger partial charge in [-0.1, -0.05) is 192 Å². The van der Waals surface area contributed by atoms with Crippen molar-refractivity contribution in [1.82, 2.24) is 0 Å². The lowest BCUT2D eigenvalue weighted by atomic mass is 9.79. The van der Waals surface area contributed by atoms with Gasteiger partial charge in [0.15, 0.2) is 45.7 Å². The van der Waals surface area contributed by atoms with Crippen LogP contribution in [-0.2, 0) is 71.1 Å². The Balaban J connectivity index is 0.000000245. The third kappa shape index (κ3) is 27.0. The predicted molar refractivity (Wildman–Crippen MR) is 382 cm³/mol. The van der Waals surface area contributed by atoms with E-state index >= 15 is 0 Å². The van der Waals surface area contributed by atoms with Gasteiger partial charge >= 0.3 is 30.1 Å². The third-order valence-electron chi connectivity index (χ3n) is 17.8. The molecule has 0 saturated heterocycles. The number of fused-ring (bicyclic) bond motifs is 4. The number of alkyl halides is 9. The number of rotatable bonds is 28. The molecule has 8 aromatic carbocycles. The summed E-state index contributed by atoms with van der Waals surface area (Å²) in [6.07, 6.45) is -2.64. The molecule has 0 heterocycles. The van der Waals surface area contributed by atoms with Gasteiger partial charge in [-0.3, -0.25) is 0 Å². The molecule has 1 atom stereocenters. The van der Waals surface area contributed by atoms with Crippen molar-refractivity contribution in [3.05, 3.63) is 173 Å². The van der Waals surface area contributed by atoms with Gasteiger partial charge < -0.3 is 37.9 Å². The van der Waals surface area contributed by atoms with E-state index in [1.165, 1.54) is 22.3 Å². The van der Waals surface area contributed by atoms with Crippen LogP contribution in [0.15, 0.2) is 146 Å². The van der Waals surface area contributed by atoms with Crippen molar-refractivity contribution in [2.24, 2.45) is 0 Å². The molecule has 8 rings (SSSR count). The molecule has 102 heavy (non-hydrogen) atoms. The number of ether oxygens (including phenoxy) is 8. The van der Waals surface area contributed by atoms with Crippen molar-refractivity contribution < 1.29 is 96.6 Å². The zero-order valence-corrected chi connectivity index (χ0v) is 61.2. The fourth-order valence-electron chi connectivity index (χ4n) is 9.79. The number of hydrogen-bond acceptors (Lipinski definition) is 12. The van der Waals surface area contributed by atoms with E-state index in [1.807, 2.05) is 72.8 Å². The molecule has 21 heteroatoms. The van der Waals surface area contributed by atoms with E-state index < -0.39 is 93.6 Å². The molecule has 0 aliphatic rings. The van der Waals surface area contributed by atoms with E-state index in [4.69, 9.17) is 18.9 Å². The second kappa shape index (κ2) is 36.0. The lowest BCUT2D eigenvalue weighted by molar-refractivity contribution is -0.217. The molecule has 0 saturated carbocycles. The van der Waals surface area contributed by atoms with E-state index in [-0.39, 0.29) is 34.9 Å². The Kier molecular flexibility index (Phi) is 29.7. The first-order chi connectivity index (χ1) is 47.4. The monoisotopic (exact) mass is 1430 g/mol. The first-order valence-electron chi connectivity index (χ1n) is 33.8. The molecule has 0 radical (unpaired) electrons. The second-order valence-electron chi connectivity index (χ2n) is 28.2. The molecule has 0 aliphatic heterocycles. The van der Waals surface area contributed by atoms with Gasteiger partial charge in [0.25, 0.3) is 17.8 Å². The average Bonchev–Trinajstić information content (AvgIpc) is 0.792. The van der Waals surface area contributed by atoms with Crippen LogP contribution in [0.2, 0.25) is 0 Å². The number of benzene rings is 8. The molecule has 556 valence electrons. The molecule has 0 fully saturated rings. The fraction of sp³-hybridized carbons (Fsp3) is 0.457. The van der Waals surface area contributed by atoms with Crippen LogP contribution in [0.3, 0.4) is 0 Å². The quantitative estimate of drug-likeness (QED) is 0.0262. The Morgan fingerprint density at radius 1 is 0.373 bits per heavy atom. The van der Waals surface area contributed by atoms with Crippen LogP contribution in [0.1, 0.15) is 164 Å². The minimum absolute atomic E-state index is 0.00374. The van der Waals surface area contributed by atoms with Crippen LogP contribution in [0.5, 0.6) is 17.2 Å². The molecule has 0 amide bonds. The first-order valence-corrected chi connectivity index (χ1v) is 33.8. The maximum Gasteiger partial charge on any atom is 0.425 e. The maximum atomic E-state index is 12.7. The second-order valence-corrected chi connectivity index (χ2v) is 28.2. The molecule has 0 bridgehead atoms. The van der Waals surface area contributed by atoms with Gasteiger partial charge in [0.2, 0.25) is 0 Å². The Hall–Kier alpha value is -8.59. The number of carbonyl (C=O) groups is 4. The Morgan fingerprint density at radius 2 is 0.725 bits per heavy atom. The van der Waals surface area contributed by atoms with Gasteiger partial charge in [-0.2, -0.15) is 13.2 Å². The molecule has 8 aromatic rings. The normalized spacial score (nSPS) is 12.6. The summed E-state index contributed by atoms with van der Waals surface area (Å²) in [5.74, 6) is -11.2. The minimum Gasteiger partial charge on any atom is -0.482 e. The van der Waals surface area contributed by atoms with Crippen LogP contribution in [-0.4, -0.2) is 100 Å². The van der Waals surface area contributed by atoms with E-state index in [0.717, 1.165) is 81.3 Å². The Labute approximate surface area is 592 Å². The summed E-state index contributed by atoms with van der Waals surface area (Å²) in [6.45, 7) is 24.7. The van der Waals surface area contributed by atoms with E-state index in [9.17, 15) is 58.7 Å². The summed E-state index contributed by atoms with van der Waals surface area (Å²) in [7, 11) is 0. The molecule has 0 N–H and O–H groups in total. The molecule has 1 unspecified atom stereocenters. The highest BCUT2D eigenvalue weighted by Gasteiger charge is 2.39. The van der Waals surface area contributed by atoms with Crippen molar-refractivity contribution in [1.29, 1.82) is 0 Å². The molecule has 12 nitrogen and oxygen atoms in total. The Morgan fingerprint density at radius 3 is 1.14 bits per heavy atom. The van der Waals surface area contributed by atoms with E-state index in [0.29, 0.717) is 38.0 Å². The number of carbonyl (C=O) groups excluding carboxylic acids is 4. The summed E-state index contributed by atoms with van der Waals surface area (Å²) >= 11 is 0. The van der Waals surface area contributed by atoms with Crippen molar-refractivity contribution in [3.8, 4) is 17.2 Å². The predicted octanol–water partition coefficient (Wildman–Crippen LogP) is 20.9. The van der Waals surface area contributed by atoms with Crippen LogP contribution in [0.25, 0.3) is 43.1 Å². The van der Waals surface area contributed by atoms with Crippen LogP contribution < -0.4 is 14.2 Å². The topological polar surface area (TPSA) is 142 Å². The molecule has 0 aliphatic carbocycles. The van der Waals surface area contributed by atoms with Gasteiger partial charge in [0.05, 0.1) is 6.61 Å². The van der Waals surface area contributed by atoms with E-state index in [1.54, 1.807) is 24.3 Å². The zero-order chi connectivity index (χ0) is 76.2. The highest BCUT2D eigenvalue weighted by molar-refractivity contribution is 5.92. The zero-order valence-electron chi connectivity index (χ0n) is 61.2. The highest BCUT2D eigenvalue weighted by atomic mass is 19.4. The van der Waals surface area contributed by atoms with Crippen LogP contribution in [0, 0.1) is 0 Å². The van der Waals surface area contributed by atoms with Crippen molar-refractivity contribution in [2.75, 3.05) is 46.2 Å². The minimum atomic E-state index is -4.58. The third-order valence-corrected chi connectivity index (χ3v) is 17.8. The SMILES string of the molecule is CCC(C)(C)c1ccc2cc(COCC(=O)OCC(C)(F)F)ccc2c1.CCC(C)(C)c1ccc2cc(OCC(=O)OC(C)C(F)(F)F)ccc2c1.CCC(C)(C)c1ccc2cc(OCC(=O)OCC(C)(F)F)ccc2c1.CCC(C)(C)c1cccc2c(OCC(=O)OCC(C)(F)F)cccc12. The summed E-state index contributed by atoms with van der Waals surface area (Å²) in [6, 6.07) is 47.2. The van der Waals surface area contributed by atoms with Gasteiger partial charge in [0, 0.05) is 26.2 Å². The molecular formula is C81H97F9O12. The molecule has 0 aromatic heterocycles. The standard InChI is InChI=1S/C21H26F2O3.C20H23F3O3.2C20H24F2O3/c1-5-20(2,3)18-9-8-16-10-15(6-7-17(16)11-18)12-25-13-19(24)26-14-21(4,22)23;1-5-19(3,4)16-8-6-15-11-17(9-7-14(15)10-16)25-12-18(24)26-13(2)20(21,22)23;1-5-19(2,3)16-10-6-9-15-14(16)8-7-11-17(15)24-12-18(23)25-13-20(4,21)22;1-5-19(2,3)16-8-6-15-11-17(9-7-14(15)10-16)24-12-18(23)25-13-20(4,21)22/h6-11H,5,12-14H2,1-4H3;6-11,13H,5,12H2,1-4H3;2*6-11H,5,12-13H2,1-4H3. The lowest BCUT2D eigenvalue weighted by Gasteiger charge is -2.25. The lowest BCUT2D eigenvalue weighted by Crippen LogP contribution is -2.32. The maximum absolute atomic E-state index is 12.7. The van der Waals surface area contributed by atoms with Gasteiger partial charge in [-0.25, -0.2) is 45.5 Å². The first kappa shape index (κ1) is 84.1. The smallest absolute Gasteiger partial charge is 0.425 e. The van der Waals surface area contributed by atoms with Crippen molar-refractivity contribution >= 4 is 67.0 Å². The molecular weight excluding hydrogens is 1340 g/mol. The number of esters is 4. The number of hydrogen-bond donors (Lipinski definition) is 0. The fourth-order valence-corrected chi connectivity index (χ4v) is 9.79. The Bertz CT molecular complexity index is 4090. The average molecular weight is 1430 g/mol. The van der Waals surface area contributed by atoms with Gasteiger partial charge in [0.1, 0.15) is 23.9 Å². The highest BCUT2D eigenvalue weighted by Crippen LogP contribution is 2.38. The summed E-state index contributed by atoms with van der Waals surface area (Å²) < 4.78 is 152. The largest absolute Gasteiger partial charge is 0.482 e. The van der Waals surface area contributed by atoms with Crippen molar-refractivity contribution in [2.45, 2.75) is 195 Å². The van der Waals surface area contributed by atoms with Gasteiger partial charge in [-0.05, 0) is 156 Å².